The molecular weight excluding hydrogens is 408 g/mol. The van der Waals surface area contributed by atoms with Crippen molar-refractivity contribution in [1.29, 1.82) is 0 Å². The molecule has 0 radical (unpaired) electrons. The van der Waals surface area contributed by atoms with Crippen LogP contribution < -0.4 is 0 Å². The van der Waals surface area contributed by atoms with Gasteiger partial charge in [-0.25, -0.2) is 13.2 Å². The van der Waals surface area contributed by atoms with Gasteiger partial charge in [0.1, 0.15) is 6.54 Å². The van der Waals surface area contributed by atoms with Gasteiger partial charge in [0.15, 0.2) is 5.76 Å². The van der Waals surface area contributed by atoms with Gasteiger partial charge in [-0.1, -0.05) is 31.2 Å². The maximum atomic E-state index is 12.8. The van der Waals surface area contributed by atoms with Crippen molar-refractivity contribution in [1.82, 2.24) is 9.21 Å². The lowest BCUT2D eigenvalue weighted by atomic mass is 10.1. The molecule has 0 fully saturated rings. The van der Waals surface area contributed by atoms with Crippen LogP contribution >= 0.6 is 0 Å². The minimum atomic E-state index is -3.74. The van der Waals surface area contributed by atoms with E-state index in [1.165, 1.54) is 30.5 Å². The van der Waals surface area contributed by atoms with Crippen LogP contribution in [-0.4, -0.2) is 48.5 Å². The number of carbonyl (C=O) groups is 3. The van der Waals surface area contributed by atoms with Crippen molar-refractivity contribution >= 4 is 33.6 Å². The fraction of sp³-hybridized carbons (Fsp3) is 0.190. The summed E-state index contributed by atoms with van der Waals surface area (Å²) in [6, 6.07) is 12.5. The molecule has 0 saturated carbocycles. The Morgan fingerprint density at radius 1 is 0.933 bits per heavy atom. The number of rotatable bonds is 5. The molecule has 0 atom stereocenters. The Labute approximate surface area is 173 Å². The number of amides is 2. The molecule has 0 unspecified atom stereocenters. The average molecular weight is 426 g/mol. The highest BCUT2D eigenvalue weighted by molar-refractivity contribution is 7.89. The van der Waals surface area contributed by atoms with Crippen LogP contribution in [0.2, 0.25) is 0 Å². The summed E-state index contributed by atoms with van der Waals surface area (Å²) in [4.78, 5) is 38.3. The molecule has 0 aromatic heterocycles. The Morgan fingerprint density at radius 3 is 2.10 bits per heavy atom. The Bertz CT molecular complexity index is 1170. The molecule has 154 valence electrons. The van der Waals surface area contributed by atoms with Crippen LogP contribution in [-0.2, 0) is 19.6 Å². The molecule has 2 aromatic carbocycles. The molecule has 2 aliphatic rings. The van der Waals surface area contributed by atoms with E-state index in [9.17, 15) is 22.8 Å². The number of nitrogens with zero attached hydrogens (tertiary/aromatic N) is 2. The van der Waals surface area contributed by atoms with Gasteiger partial charge in [-0.2, -0.15) is 0 Å². The van der Waals surface area contributed by atoms with E-state index >= 15 is 0 Å². The SMILES string of the molecule is CCCN1C=C(OC(=O)CN2C(=O)c3ccccc3C2=O)c2ccccc2S1(=O)=O. The lowest BCUT2D eigenvalue weighted by molar-refractivity contribution is -0.137. The van der Waals surface area contributed by atoms with Crippen LogP contribution in [0, 0.1) is 0 Å². The first kappa shape index (κ1) is 19.8. The molecule has 0 N–H and O–H groups in total. The molecule has 9 heteroatoms. The Kier molecular flexibility index (Phi) is 4.90. The maximum absolute atomic E-state index is 12.8. The average Bonchev–Trinajstić information content (AvgIpc) is 2.97. The lowest BCUT2D eigenvalue weighted by Gasteiger charge is -2.27. The molecule has 30 heavy (non-hydrogen) atoms. The third kappa shape index (κ3) is 3.17. The van der Waals surface area contributed by atoms with Gasteiger partial charge in [-0.05, 0) is 30.7 Å². The van der Waals surface area contributed by atoms with E-state index in [4.69, 9.17) is 4.74 Å². The monoisotopic (exact) mass is 426 g/mol. The molecule has 0 spiro atoms. The predicted octanol–water partition coefficient (Wildman–Crippen LogP) is 2.24. The molecule has 0 bridgehead atoms. The van der Waals surface area contributed by atoms with E-state index in [0.29, 0.717) is 6.42 Å². The number of hydrogen-bond donors (Lipinski definition) is 0. The normalized spacial score (nSPS) is 16.8. The summed E-state index contributed by atoms with van der Waals surface area (Å²) < 4.78 is 32.1. The zero-order chi connectivity index (χ0) is 21.5. The van der Waals surface area contributed by atoms with Crippen LogP contribution in [0.4, 0.5) is 0 Å². The predicted molar refractivity (Wildman–Crippen MR) is 107 cm³/mol. The summed E-state index contributed by atoms with van der Waals surface area (Å²) in [5, 5.41) is 0. The zero-order valence-electron chi connectivity index (χ0n) is 16.1. The molecule has 4 rings (SSSR count). The second-order valence-corrected chi connectivity index (χ2v) is 8.68. The van der Waals surface area contributed by atoms with Gasteiger partial charge in [0.2, 0.25) is 0 Å². The van der Waals surface area contributed by atoms with Crippen LogP contribution in [0.25, 0.3) is 5.76 Å². The molecular formula is C21H18N2O6S. The summed E-state index contributed by atoms with van der Waals surface area (Å²) in [5.74, 6) is -1.93. The van der Waals surface area contributed by atoms with E-state index in [0.717, 1.165) is 9.21 Å². The lowest BCUT2D eigenvalue weighted by Crippen LogP contribution is -2.36. The number of hydrogen-bond acceptors (Lipinski definition) is 6. The van der Waals surface area contributed by atoms with Crippen LogP contribution in [0.5, 0.6) is 0 Å². The summed E-state index contributed by atoms with van der Waals surface area (Å²) >= 11 is 0. The van der Waals surface area contributed by atoms with E-state index < -0.39 is 34.4 Å². The quantitative estimate of drug-likeness (QED) is 0.537. The van der Waals surface area contributed by atoms with Gasteiger partial charge >= 0.3 is 5.97 Å². The first-order valence-corrected chi connectivity index (χ1v) is 10.8. The van der Waals surface area contributed by atoms with Crippen LogP contribution in [0.1, 0.15) is 39.6 Å². The largest absolute Gasteiger partial charge is 0.423 e. The minimum Gasteiger partial charge on any atom is -0.423 e. The highest BCUT2D eigenvalue weighted by Crippen LogP contribution is 2.33. The van der Waals surface area contributed by atoms with Crippen LogP contribution in [0.15, 0.2) is 59.6 Å². The third-order valence-corrected chi connectivity index (χ3v) is 6.65. The number of sulfonamides is 1. The summed E-state index contributed by atoms with van der Waals surface area (Å²) in [7, 11) is -3.74. The number of benzene rings is 2. The van der Waals surface area contributed by atoms with Crippen molar-refractivity contribution in [3.63, 3.8) is 0 Å². The number of ether oxygens (including phenoxy) is 1. The first-order chi connectivity index (χ1) is 14.3. The van der Waals surface area contributed by atoms with E-state index in [1.807, 2.05) is 6.92 Å². The number of esters is 1. The standard InChI is InChI=1S/C21H18N2O6S/c1-2-11-22-12-17(16-9-5-6-10-18(16)30(22,27)28)29-19(24)13-23-20(25)14-7-3-4-8-15(14)21(23)26/h3-10,12H,2,11,13H2,1H3. The third-order valence-electron chi connectivity index (χ3n) is 4.83. The summed E-state index contributed by atoms with van der Waals surface area (Å²) in [5.41, 5.74) is 0.719. The zero-order valence-corrected chi connectivity index (χ0v) is 16.9. The number of imide groups is 1. The Morgan fingerprint density at radius 2 is 1.50 bits per heavy atom. The minimum absolute atomic E-state index is 0.0319. The Hall–Kier alpha value is -3.46. The molecule has 2 heterocycles. The first-order valence-electron chi connectivity index (χ1n) is 9.33. The van der Waals surface area contributed by atoms with Gasteiger partial charge in [0.25, 0.3) is 21.8 Å². The second kappa shape index (κ2) is 7.42. The van der Waals surface area contributed by atoms with Gasteiger partial charge in [0, 0.05) is 12.1 Å². The van der Waals surface area contributed by atoms with Crippen molar-refractivity contribution in [2.45, 2.75) is 18.2 Å². The molecule has 0 saturated heterocycles. The van der Waals surface area contributed by atoms with Gasteiger partial charge in [-0.3, -0.25) is 18.8 Å². The summed E-state index contributed by atoms with van der Waals surface area (Å²) in [6.07, 6.45) is 1.83. The van der Waals surface area contributed by atoms with Gasteiger partial charge < -0.3 is 4.74 Å². The molecule has 0 aliphatic carbocycles. The molecule has 2 aliphatic heterocycles. The second-order valence-electron chi connectivity index (χ2n) is 6.82. The van der Waals surface area contributed by atoms with Crippen molar-refractivity contribution in [2.75, 3.05) is 13.1 Å². The van der Waals surface area contributed by atoms with Crippen molar-refractivity contribution < 1.29 is 27.5 Å². The fourth-order valence-electron chi connectivity index (χ4n) is 3.44. The van der Waals surface area contributed by atoms with Gasteiger partial charge in [0.05, 0.1) is 22.2 Å². The topological polar surface area (TPSA) is 101 Å². The molecule has 2 amide bonds. The van der Waals surface area contributed by atoms with E-state index in [2.05, 4.69) is 0 Å². The number of fused-ring (bicyclic) bond motifs is 2. The fourth-order valence-corrected chi connectivity index (χ4v) is 5.05. The smallest absolute Gasteiger partial charge is 0.331 e. The highest BCUT2D eigenvalue weighted by Gasteiger charge is 2.38. The number of carbonyl (C=O) groups excluding carboxylic acids is 3. The van der Waals surface area contributed by atoms with Gasteiger partial charge in [-0.15, -0.1) is 0 Å². The molecule has 2 aromatic rings. The van der Waals surface area contributed by atoms with E-state index in [1.54, 1.807) is 24.3 Å². The van der Waals surface area contributed by atoms with Crippen molar-refractivity contribution in [3.8, 4) is 0 Å². The van der Waals surface area contributed by atoms with E-state index in [-0.39, 0.29) is 33.9 Å². The highest BCUT2D eigenvalue weighted by atomic mass is 32.2. The molecule has 8 nitrogen and oxygen atoms in total. The van der Waals surface area contributed by atoms with Crippen molar-refractivity contribution in [2.24, 2.45) is 0 Å². The summed E-state index contributed by atoms with van der Waals surface area (Å²) in [6.45, 7) is 1.47. The Balaban J connectivity index is 1.59. The maximum Gasteiger partial charge on any atom is 0.331 e. The van der Waals surface area contributed by atoms with Crippen LogP contribution in [0.3, 0.4) is 0 Å². The van der Waals surface area contributed by atoms with Crippen molar-refractivity contribution in [3.05, 3.63) is 71.4 Å².